The molecule has 0 atom stereocenters. The zero-order valence-corrected chi connectivity index (χ0v) is 11.6. The predicted molar refractivity (Wildman–Crippen MR) is 63.0 cm³/mol. The van der Waals surface area contributed by atoms with Crippen LogP contribution in [-0.2, 0) is 0 Å². The number of halogens is 1. The van der Waals surface area contributed by atoms with Crippen LogP contribution in [0.1, 0.15) is 39.0 Å². The fourth-order valence-corrected chi connectivity index (χ4v) is 3.22. The summed E-state index contributed by atoms with van der Waals surface area (Å²) < 4.78 is 3.92. The molecule has 0 bridgehead atoms. The number of benzene rings is 1. The SMILES string of the molecule is CCCCCC/C=C/[I+]c1ccccc1. The molecule has 0 amide bonds. The molecule has 0 saturated heterocycles. The molecule has 0 heterocycles. The molecule has 1 rings (SSSR count). The third-order valence-corrected chi connectivity index (χ3v) is 4.54. The van der Waals surface area contributed by atoms with Crippen LogP contribution in [0.25, 0.3) is 0 Å². The summed E-state index contributed by atoms with van der Waals surface area (Å²) in [5, 5.41) is 0. The van der Waals surface area contributed by atoms with E-state index in [2.05, 4.69) is 47.4 Å². The molecule has 1 heteroatoms. The number of hydrogen-bond donors (Lipinski definition) is 0. The third kappa shape index (κ3) is 6.72. The topological polar surface area (TPSA) is 0 Å². The monoisotopic (exact) mass is 315 g/mol. The molecular formula is C14H20I+. The molecule has 0 aromatic heterocycles. The molecule has 1 aromatic carbocycles. The number of unbranched alkanes of at least 4 members (excludes halogenated alkanes) is 4. The van der Waals surface area contributed by atoms with E-state index in [1.54, 1.807) is 0 Å². The van der Waals surface area contributed by atoms with Gasteiger partial charge >= 0.3 is 21.2 Å². The van der Waals surface area contributed by atoms with E-state index in [-0.39, 0.29) is 21.2 Å². The van der Waals surface area contributed by atoms with Gasteiger partial charge in [-0.1, -0.05) is 44.4 Å². The Morgan fingerprint density at radius 2 is 1.87 bits per heavy atom. The van der Waals surface area contributed by atoms with E-state index in [4.69, 9.17) is 0 Å². The van der Waals surface area contributed by atoms with Gasteiger partial charge in [0.15, 0.2) is 7.65 Å². The summed E-state index contributed by atoms with van der Waals surface area (Å²) in [4.78, 5) is 0. The molecule has 0 saturated carbocycles. The Balaban J connectivity index is 2.07. The molecule has 1 aromatic rings. The van der Waals surface area contributed by atoms with Crippen molar-refractivity contribution in [2.75, 3.05) is 0 Å². The van der Waals surface area contributed by atoms with Crippen LogP contribution < -0.4 is 21.2 Å². The first-order chi connectivity index (χ1) is 7.43. The standard InChI is InChI=1S/C14H20I/c1-2-3-4-5-6-10-13-15-14-11-8-7-9-12-14/h7-13H,2-6H2,1H3/q+1/b13-10+. The van der Waals surface area contributed by atoms with Crippen molar-refractivity contribution >= 4 is 0 Å². The zero-order chi connectivity index (χ0) is 10.8. The van der Waals surface area contributed by atoms with Crippen LogP contribution in [-0.4, -0.2) is 0 Å². The molecule has 0 nitrogen and oxygen atoms in total. The van der Waals surface area contributed by atoms with Gasteiger partial charge < -0.3 is 0 Å². The number of hydrogen-bond acceptors (Lipinski definition) is 0. The molecule has 82 valence electrons. The van der Waals surface area contributed by atoms with Gasteiger partial charge in [-0.05, 0) is 31.1 Å². The van der Waals surface area contributed by atoms with E-state index < -0.39 is 0 Å². The van der Waals surface area contributed by atoms with Gasteiger partial charge in [-0.15, -0.1) is 0 Å². The normalized spacial score (nSPS) is 11.0. The summed E-state index contributed by atoms with van der Waals surface area (Å²) in [5.74, 6) is 0. The minimum atomic E-state index is 0.120. The lowest BCUT2D eigenvalue weighted by molar-refractivity contribution is -0.557. The second-order valence-electron chi connectivity index (χ2n) is 3.62. The van der Waals surface area contributed by atoms with Crippen molar-refractivity contribution < 1.29 is 21.2 Å². The summed E-state index contributed by atoms with van der Waals surface area (Å²) in [7, 11) is 0. The quantitative estimate of drug-likeness (QED) is 0.527. The minimum Gasteiger partial charge on any atom is -0.0654 e. The van der Waals surface area contributed by atoms with Gasteiger partial charge in [-0.2, -0.15) is 0 Å². The van der Waals surface area contributed by atoms with E-state index in [0.29, 0.717) is 0 Å². The Kier molecular flexibility index (Phi) is 7.62. The van der Waals surface area contributed by atoms with Crippen LogP contribution in [0, 0.1) is 3.57 Å². The number of rotatable bonds is 7. The molecule has 0 aliphatic carbocycles. The Bertz CT molecular complexity index is 264. The van der Waals surface area contributed by atoms with Gasteiger partial charge in [-0.25, -0.2) is 0 Å². The minimum absolute atomic E-state index is 0.120. The van der Waals surface area contributed by atoms with Gasteiger partial charge in [0, 0.05) is 0 Å². The van der Waals surface area contributed by atoms with Crippen molar-refractivity contribution in [1.82, 2.24) is 0 Å². The number of allylic oxidation sites excluding steroid dienone is 1. The van der Waals surface area contributed by atoms with Crippen LogP contribution in [0.5, 0.6) is 0 Å². The van der Waals surface area contributed by atoms with E-state index in [0.717, 1.165) is 0 Å². The zero-order valence-electron chi connectivity index (χ0n) is 9.45. The van der Waals surface area contributed by atoms with Gasteiger partial charge in [0.2, 0.25) is 0 Å². The van der Waals surface area contributed by atoms with Crippen LogP contribution in [0.3, 0.4) is 0 Å². The fourth-order valence-electron chi connectivity index (χ4n) is 1.36. The van der Waals surface area contributed by atoms with Crippen molar-refractivity contribution in [2.24, 2.45) is 0 Å². The highest BCUT2D eigenvalue weighted by atomic mass is 127. The highest BCUT2D eigenvalue weighted by Gasteiger charge is 2.04. The predicted octanol–water partition coefficient (Wildman–Crippen LogP) is 1.43. The fraction of sp³-hybridized carbons (Fsp3) is 0.429. The first-order valence-electron chi connectivity index (χ1n) is 5.77. The smallest absolute Gasteiger partial charge is 0.0654 e. The Morgan fingerprint density at radius 3 is 2.60 bits per heavy atom. The summed E-state index contributed by atoms with van der Waals surface area (Å²) in [6.45, 7) is 2.26. The van der Waals surface area contributed by atoms with Gasteiger partial charge in [0.25, 0.3) is 0 Å². The van der Waals surface area contributed by atoms with E-state index in [1.165, 1.54) is 35.7 Å². The molecule has 0 radical (unpaired) electrons. The van der Waals surface area contributed by atoms with Crippen LogP contribution in [0.15, 0.2) is 40.5 Å². The maximum Gasteiger partial charge on any atom is 0.349 e. The average Bonchev–Trinajstić information content (AvgIpc) is 2.29. The first kappa shape index (κ1) is 12.8. The van der Waals surface area contributed by atoms with Crippen LogP contribution in [0.2, 0.25) is 0 Å². The average molecular weight is 315 g/mol. The van der Waals surface area contributed by atoms with Crippen molar-refractivity contribution in [3.8, 4) is 0 Å². The highest BCUT2D eigenvalue weighted by Crippen LogP contribution is 2.01. The molecule has 15 heavy (non-hydrogen) atoms. The molecular weight excluding hydrogens is 295 g/mol. The maximum atomic E-state index is 2.40. The summed E-state index contributed by atoms with van der Waals surface area (Å²) in [6.07, 6.45) is 9.12. The lowest BCUT2D eigenvalue weighted by Gasteiger charge is -1.91. The van der Waals surface area contributed by atoms with Crippen LogP contribution >= 0.6 is 0 Å². The van der Waals surface area contributed by atoms with Crippen molar-refractivity contribution in [2.45, 2.75) is 39.0 Å². The Morgan fingerprint density at radius 1 is 1.07 bits per heavy atom. The van der Waals surface area contributed by atoms with Gasteiger partial charge in [0.1, 0.15) is 0 Å². The molecule has 0 unspecified atom stereocenters. The first-order valence-corrected chi connectivity index (χ1v) is 8.09. The van der Waals surface area contributed by atoms with Crippen LogP contribution in [0.4, 0.5) is 0 Å². The Hall–Kier alpha value is -0.310. The second-order valence-corrected chi connectivity index (χ2v) is 6.20. The summed E-state index contributed by atoms with van der Waals surface area (Å²) in [5.41, 5.74) is 0. The van der Waals surface area contributed by atoms with E-state index in [1.807, 2.05) is 0 Å². The van der Waals surface area contributed by atoms with Gasteiger partial charge in [0.05, 0.1) is 0 Å². The molecule has 0 spiro atoms. The lowest BCUT2D eigenvalue weighted by atomic mass is 10.2. The highest BCUT2D eigenvalue weighted by molar-refractivity contribution is 4.99. The van der Waals surface area contributed by atoms with E-state index >= 15 is 0 Å². The van der Waals surface area contributed by atoms with Crippen molar-refractivity contribution in [3.63, 3.8) is 0 Å². The second kappa shape index (κ2) is 8.96. The molecule has 0 fully saturated rings. The summed E-state index contributed by atoms with van der Waals surface area (Å²) >= 11 is 0.120. The largest absolute Gasteiger partial charge is 0.349 e. The van der Waals surface area contributed by atoms with E-state index in [9.17, 15) is 0 Å². The maximum absolute atomic E-state index is 2.40. The summed E-state index contributed by atoms with van der Waals surface area (Å²) in [6, 6.07) is 10.8. The van der Waals surface area contributed by atoms with Crippen molar-refractivity contribution in [1.29, 1.82) is 0 Å². The Labute approximate surface area is 104 Å². The van der Waals surface area contributed by atoms with Gasteiger partial charge in [-0.3, -0.25) is 0 Å². The molecule has 0 aliphatic rings. The lowest BCUT2D eigenvalue weighted by Crippen LogP contribution is -3.59. The molecule has 0 aliphatic heterocycles. The third-order valence-electron chi connectivity index (χ3n) is 2.24. The molecule has 0 N–H and O–H groups in total. The van der Waals surface area contributed by atoms with Crippen molar-refractivity contribution in [3.05, 3.63) is 44.1 Å².